The summed E-state index contributed by atoms with van der Waals surface area (Å²) in [6.07, 6.45) is 1.89. The van der Waals surface area contributed by atoms with Crippen molar-refractivity contribution >= 4 is 41.0 Å². The van der Waals surface area contributed by atoms with Gasteiger partial charge in [0.25, 0.3) is 5.91 Å². The van der Waals surface area contributed by atoms with Gasteiger partial charge in [0.15, 0.2) is 0 Å². The van der Waals surface area contributed by atoms with E-state index in [4.69, 9.17) is 0 Å². The Bertz CT molecular complexity index is 1030. The van der Waals surface area contributed by atoms with Gasteiger partial charge in [0, 0.05) is 17.0 Å². The molecule has 0 saturated carbocycles. The van der Waals surface area contributed by atoms with E-state index in [9.17, 15) is 9.59 Å². The highest BCUT2D eigenvalue weighted by atomic mass is 32.2. The average molecular weight is 427 g/mol. The van der Waals surface area contributed by atoms with Crippen LogP contribution >= 0.6 is 23.5 Å². The number of aromatic nitrogens is 4. The van der Waals surface area contributed by atoms with Crippen LogP contribution in [0.4, 0.5) is 5.69 Å². The van der Waals surface area contributed by atoms with Gasteiger partial charge in [-0.3, -0.25) is 9.59 Å². The number of nitrogens with zero attached hydrogens (tertiary/aromatic N) is 5. The van der Waals surface area contributed by atoms with Crippen LogP contribution in [0.2, 0.25) is 0 Å². The number of benzene rings is 2. The first-order valence-electron chi connectivity index (χ1n) is 8.85. The summed E-state index contributed by atoms with van der Waals surface area (Å²) in [5.41, 5.74) is 1.95. The summed E-state index contributed by atoms with van der Waals surface area (Å²) in [6, 6.07) is 15.8. The molecule has 1 aliphatic rings. The van der Waals surface area contributed by atoms with Gasteiger partial charge in [-0.15, -0.1) is 16.9 Å². The molecule has 3 aromatic rings. The van der Waals surface area contributed by atoms with Gasteiger partial charge >= 0.3 is 0 Å². The van der Waals surface area contributed by atoms with Crippen molar-refractivity contribution in [1.29, 1.82) is 0 Å². The van der Waals surface area contributed by atoms with Crippen LogP contribution in [0.25, 0.3) is 5.69 Å². The second-order valence-electron chi connectivity index (χ2n) is 6.27. The van der Waals surface area contributed by atoms with E-state index in [1.807, 2.05) is 36.6 Å². The van der Waals surface area contributed by atoms with Crippen molar-refractivity contribution in [2.75, 3.05) is 23.2 Å². The molecule has 2 heterocycles. The Balaban J connectivity index is 1.50. The fraction of sp³-hybridized carbons (Fsp3) is 0.211. The SMILES string of the molecule is CSc1nnnn1-c1cccc(NC(=O)[C@@H]2CSCN2C(=O)c2ccccc2)c1. The van der Waals surface area contributed by atoms with Crippen molar-refractivity contribution < 1.29 is 9.59 Å². The van der Waals surface area contributed by atoms with E-state index < -0.39 is 6.04 Å². The predicted molar refractivity (Wildman–Crippen MR) is 113 cm³/mol. The van der Waals surface area contributed by atoms with Crippen LogP contribution in [-0.2, 0) is 4.79 Å². The summed E-state index contributed by atoms with van der Waals surface area (Å²) in [7, 11) is 0. The van der Waals surface area contributed by atoms with Crippen LogP contribution in [0.1, 0.15) is 10.4 Å². The van der Waals surface area contributed by atoms with Crippen molar-refractivity contribution in [2.24, 2.45) is 0 Å². The summed E-state index contributed by atoms with van der Waals surface area (Å²) < 4.78 is 1.61. The molecule has 10 heteroatoms. The maximum absolute atomic E-state index is 12.9. The van der Waals surface area contributed by atoms with Crippen molar-refractivity contribution in [2.45, 2.75) is 11.2 Å². The number of carbonyl (C=O) groups excluding carboxylic acids is 2. The normalized spacial score (nSPS) is 16.0. The minimum atomic E-state index is -0.522. The lowest BCUT2D eigenvalue weighted by Gasteiger charge is -2.23. The summed E-state index contributed by atoms with van der Waals surface area (Å²) in [5.74, 6) is 0.711. The molecule has 0 radical (unpaired) electrons. The molecule has 1 saturated heterocycles. The van der Waals surface area contributed by atoms with E-state index in [0.717, 1.165) is 5.69 Å². The molecule has 8 nitrogen and oxygen atoms in total. The molecule has 0 unspecified atom stereocenters. The van der Waals surface area contributed by atoms with Crippen LogP contribution in [-0.4, -0.2) is 60.8 Å². The molecule has 0 bridgehead atoms. The van der Waals surface area contributed by atoms with Crippen molar-refractivity contribution in [3.63, 3.8) is 0 Å². The van der Waals surface area contributed by atoms with E-state index in [0.29, 0.717) is 28.0 Å². The maximum Gasteiger partial charge on any atom is 0.255 e. The topological polar surface area (TPSA) is 93.0 Å². The number of anilines is 1. The minimum absolute atomic E-state index is 0.136. The Morgan fingerprint density at radius 3 is 2.79 bits per heavy atom. The molecule has 4 rings (SSSR count). The number of hydrogen-bond acceptors (Lipinski definition) is 7. The third-order valence-corrected chi connectivity index (χ3v) is 6.08. The Morgan fingerprint density at radius 1 is 1.17 bits per heavy atom. The highest BCUT2D eigenvalue weighted by Gasteiger charge is 2.35. The monoisotopic (exact) mass is 426 g/mol. The molecule has 0 aliphatic carbocycles. The zero-order valence-electron chi connectivity index (χ0n) is 15.6. The maximum atomic E-state index is 12.9. The predicted octanol–water partition coefficient (Wildman–Crippen LogP) is 2.54. The van der Waals surface area contributed by atoms with E-state index in [2.05, 4.69) is 20.8 Å². The molecule has 1 N–H and O–H groups in total. The second-order valence-corrected chi connectivity index (χ2v) is 8.05. The molecule has 1 fully saturated rings. The second kappa shape index (κ2) is 8.66. The van der Waals surface area contributed by atoms with Gasteiger partial charge in [0.1, 0.15) is 6.04 Å². The molecule has 1 aliphatic heterocycles. The molecule has 148 valence electrons. The standard InChI is InChI=1S/C19H18N6O2S2/c1-28-19-21-22-23-25(19)15-9-5-8-14(10-15)20-17(26)16-11-29-12-24(16)18(27)13-6-3-2-4-7-13/h2-10,16H,11-12H2,1H3,(H,20,26)/t16-/m0/s1. The summed E-state index contributed by atoms with van der Waals surface area (Å²) in [6.45, 7) is 0. The zero-order chi connectivity index (χ0) is 20.2. The van der Waals surface area contributed by atoms with Crippen molar-refractivity contribution in [3.05, 3.63) is 60.2 Å². The van der Waals surface area contributed by atoms with Gasteiger partial charge < -0.3 is 10.2 Å². The van der Waals surface area contributed by atoms with Gasteiger partial charge in [-0.2, -0.15) is 4.68 Å². The summed E-state index contributed by atoms with van der Waals surface area (Å²) in [4.78, 5) is 27.3. The van der Waals surface area contributed by atoms with Crippen LogP contribution in [0.15, 0.2) is 59.8 Å². The van der Waals surface area contributed by atoms with Crippen LogP contribution in [0, 0.1) is 0 Å². The van der Waals surface area contributed by atoms with Gasteiger partial charge in [-0.25, -0.2) is 0 Å². The molecular formula is C19H18N6O2S2. The first-order chi connectivity index (χ1) is 14.2. The number of rotatable bonds is 5. The molecule has 2 amide bonds. The number of nitrogens with one attached hydrogen (secondary N) is 1. The number of hydrogen-bond donors (Lipinski definition) is 1. The average Bonchev–Trinajstić information content (AvgIpc) is 3.43. The Hall–Kier alpha value is -2.85. The van der Waals surface area contributed by atoms with Crippen LogP contribution < -0.4 is 5.32 Å². The largest absolute Gasteiger partial charge is 0.324 e. The lowest BCUT2D eigenvalue weighted by atomic mass is 10.1. The van der Waals surface area contributed by atoms with E-state index in [1.165, 1.54) is 11.8 Å². The van der Waals surface area contributed by atoms with Gasteiger partial charge in [0.2, 0.25) is 11.1 Å². The Kier molecular flexibility index (Phi) is 5.81. The van der Waals surface area contributed by atoms with E-state index in [1.54, 1.807) is 45.6 Å². The minimum Gasteiger partial charge on any atom is -0.324 e. The smallest absolute Gasteiger partial charge is 0.255 e. The van der Waals surface area contributed by atoms with Crippen molar-refractivity contribution in [3.8, 4) is 5.69 Å². The van der Waals surface area contributed by atoms with Crippen LogP contribution in [0.5, 0.6) is 0 Å². The Labute approximate surface area is 176 Å². The first kappa shape index (κ1) is 19.5. The Morgan fingerprint density at radius 2 is 2.00 bits per heavy atom. The summed E-state index contributed by atoms with van der Waals surface area (Å²) in [5, 5.41) is 15.2. The number of tetrazole rings is 1. The summed E-state index contributed by atoms with van der Waals surface area (Å²) >= 11 is 3.00. The lowest BCUT2D eigenvalue weighted by Crippen LogP contribution is -2.44. The highest BCUT2D eigenvalue weighted by Crippen LogP contribution is 2.25. The molecule has 0 spiro atoms. The fourth-order valence-corrected chi connectivity index (χ4v) is 4.60. The molecule has 29 heavy (non-hydrogen) atoms. The molecule has 1 atom stereocenters. The van der Waals surface area contributed by atoms with Crippen LogP contribution in [0.3, 0.4) is 0 Å². The molecule has 1 aromatic heterocycles. The van der Waals surface area contributed by atoms with Gasteiger partial charge in [-0.1, -0.05) is 36.0 Å². The zero-order valence-corrected chi connectivity index (χ0v) is 17.2. The lowest BCUT2D eigenvalue weighted by molar-refractivity contribution is -0.119. The van der Waals surface area contributed by atoms with E-state index >= 15 is 0 Å². The fourth-order valence-electron chi connectivity index (χ4n) is 3.02. The quantitative estimate of drug-likeness (QED) is 0.627. The molecular weight excluding hydrogens is 408 g/mol. The van der Waals surface area contributed by atoms with E-state index in [-0.39, 0.29) is 11.8 Å². The highest BCUT2D eigenvalue weighted by molar-refractivity contribution is 7.99. The molecule has 2 aromatic carbocycles. The number of thioether (sulfide) groups is 2. The third-order valence-electron chi connectivity index (χ3n) is 4.45. The van der Waals surface area contributed by atoms with Gasteiger partial charge in [0.05, 0.1) is 11.6 Å². The van der Waals surface area contributed by atoms with Crippen molar-refractivity contribution in [1.82, 2.24) is 25.1 Å². The van der Waals surface area contributed by atoms with Gasteiger partial charge in [-0.05, 0) is 47.0 Å². The number of carbonyl (C=O) groups is 2. The third kappa shape index (κ3) is 4.13. The first-order valence-corrected chi connectivity index (χ1v) is 11.2. The number of amides is 2.